The second-order valence-electron chi connectivity index (χ2n) is 1.90. The molecule has 0 fully saturated rings. The van der Waals surface area contributed by atoms with Gasteiger partial charge in [0.15, 0.2) is 0 Å². The summed E-state index contributed by atoms with van der Waals surface area (Å²) in [6.07, 6.45) is 5.18. The third-order valence-corrected chi connectivity index (χ3v) is 0.813. The Morgan fingerprint density at radius 2 is 1.54 bits per heavy atom. The molecule has 0 heterocycles. The van der Waals surface area contributed by atoms with Gasteiger partial charge in [0.2, 0.25) is 0 Å². The number of hydrogen-bond donors (Lipinski definition) is 3. The van der Waals surface area contributed by atoms with Gasteiger partial charge in [-0.15, -0.1) is 47.9 Å². The van der Waals surface area contributed by atoms with Gasteiger partial charge in [-0.1, -0.05) is 0 Å². The predicted molar refractivity (Wildman–Crippen MR) is 49.1 cm³/mol. The molecule has 4 nitrogen and oxygen atoms in total. The van der Waals surface area contributed by atoms with E-state index in [0.29, 0.717) is 0 Å². The molecule has 0 aliphatic heterocycles. The summed E-state index contributed by atoms with van der Waals surface area (Å²) >= 11 is 0. The molecule has 0 radical (unpaired) electrons. The van der Waals surface area contributed by atoms with Crippen LogP contribution in [0, 0.1) is 6.04 Å². The third-order valence-electron chi connectivity index (χ3n) is 0.813. The smallest absolute Gasteiger partial charge is 0.480 e. The van der Waals surface area contributed by atoms with E-state index in [0.717, 1.165) is 18.9 Å². The molecule has 0 aromatic heterocycles. The molecular weight excluding hydrogens is 216 g/mol. The molecule has 6 heteroatoms. The molecule has 0 amide bonds. The largest absolute Gasteiger partial charge is 1.00 e. The van der Waals surface area contributed by atoms with Crippen molar-refractivity contribution < 1.29 is 65.7 Å². The zero-order valence-corrected chi connectivity index (χ0v) is 11.8. The summed E-state index contributed by atoms with van der Waals surface area (Å²) in [5.74, 6) is 0. The van der Waals surface area contributed by atoms with Gasteiger partial charge >= 0.3 is 59.6 Å². The topological polar surface area (TPSA) is 83.6 Å². The number of hydrogen-bond acceptors (Lipinski definition) is 2. The minimum atomic E-state index is -2.87. The van der Waals surface area contributed by atoms with Crippen molar-refractivity contribution >= 4 is 8.25 Å². The minimum absolute atomic E-state index is 0. The fraction of sp³-hybridized carbons (Fsp3) is 0.286. The van der Waals surface area contributed by atoms with E-state index < -0.39 is 8.25 Å². The molecule has 0 aliphatic rings. The molecule has 0 saturated carbocycles. The van der Waals surface area contributed by atoms with Crippen molar-refractivity contribution in [2.75, 3.05) is 0 Å². The average Bonchev–Trinajstić information content (AvgIpc) is 1.87. The monoisotopic (exact) mass is 230 g/mol. The summed E-state index contributed by atoms with van der Waals surface area (Å²) in [5.41, 5.74) is 5.47. The molecule has 0 aliphatic carbocycles. The van der Waals surface area contributed by atoms with Gasteiger partial charge in [-0.25, -0.2) is 6.04 Å². The SMILES string of the molecule is C=CC[C-](N)CC=C.O=[P+](O)O.[K+]. The van der Waals surface area contributed by atoms with E-state index in [2.05, 4.69) is 13.2 Å². The zero-order valence-electron chi connectivity index (χ0n) is 7.81. The Kier molecular flexibility index (Phi) is 23.5. The van der Waals surface area contributed by atoms with E-state index in [9.17, 15) is 0 Å². The second-order valence-corrected chi connectivity index (χ2v) is 2.40. The van der Waals surface area contributed by atoms with Gasteiger partial charge in [-0.2, -0.15) is 0 Å². The molecule has 0 aromatic carbocycles. The van der Waals surface area contributed by atoms with Crippen molar-refractivity contribution in [1.82, 2.24) is 0 Å². The maximum absolute atomic E-state index is 8.70. The van der Waals surface area contributed by atoms with Crippen LogP contribution in [0.4, 0.5) is 0 Å². The standard InChI is InChI=1S/C7H12N.K.HO3P/c1-3-5-7(8)6-4-2;;1-4(2)3/h3-4H,1-2,5-6,8H2;;(H-,1,2,3)/q-1;+1;/p+1. The Morgan fingerprint density at radius 1 is 1.31 bits per heavy atom. The summed E-state index contributed by atoms with van der Waals surface area (Å²) in [4.78, 5) is 14.2. The molecule has 0 rings (SSSR count). The van der Waals surface area contributed by atoms with E-state index >= 15 is 0 Å². The average molecular weight is 230 g/mol. The Bertz CT molecular complexity index is 141. The van der Waals surface area contributed by atoms with Crippen LogP contribution in [0.5, 0.6) is 0 Å². The molecule has 0 unspecified atom stereocenters. The molecule has 4 N–H and O–H groups in total. The van der Waals surface area contributed by atoms with E-state index in [-0.39, 0.29) is 51.4 Å². The first kappa shape index (κ1) is 19.6. The quantitative estimate of drug-likeness (QED) is 0.232. The Balaban J connectivity index is -0.000000173. The maximum atomic E-state index is 8.70. The van der Waals surface area contributed by atoms with Crippen LogP contribution >= 0.6 is 8.25 Å². The van der Waals surface area contributed by atoms with Crippen LogP contribution in [0.15, 0.2) is 25.3 Å². The Hall–Kier alpha value is 1.10. The van der Waals surface area contributed by atoms with Crippen LogP contribution in [-0.2, 0) is 4.57 Å². The van der Waals surface area contributed by atoms with Crippen LogP contribution in [0.25, 0.3) is 0 Å². The van der Waals surface area contributed by atoms with E-state index in [1.54, 1.807) is 12.2 Å². The molecule has 0 bridgehead atoms. The Labute approximate surface area is 122 Å². The van der Waals surface area contributed by atoms with Crippen LogP contribution in [-0.4, -0.2) is 9.79 Å². The zero-order chi connectivity index (χ0) is 9.98. The summed E-state index contributed by atoms with van der Waals surface area (Å²) in [6, 6.07) is 0.926. The first-order valence-corrected chi connectivity index (χ1v) is 4.38. The molecule has 0 aromatic rings. The van der Waals surface area contributed by atoms with Gasteiger partial charge < -0.3 is 5.73 Å². The second kappa shape index (κ2) is 15.6. The molecule has 0 saturated heterocycles. The summed E-state index contributed by atoms with van der Waals surface area (Å²) in [6.45, 7) is 7.10. The fourth-order valence-electron chi connectivity index (χ4n) is 0.454. The van der Waals surface area contributed by atoms with Crippen molar-refractivity contribution in [1.29, 1.82) is 0 Å². The van der Waals surface area contributed by atoms with E-state index in [1.165, 1.54) is 0 Å². The van der Waals surface area contributed by atoms with Gasteiger partial charge in [0, 0.05) is 4.57 Å². The van der Waals surface area contributed by atoms with Crippen molar-refractivity contribution in [3.63, 3.8) is 0 Å². The summed E-state index contributed by atoms with van der Waals surface area (Å²) in [5, 5.41) is 0. The minimum Gasteiger partial charge on any atom is -0.480 e. The van der Waals surface area contributed by atoms with Crippen molar-refractivity contribution in [3.05, 3.63) is 31.4 Å². The van der Waals surface area contributed by atoms with Crippen LogP contribution in [0.1, 0.15) is 12.8 Å². The predicted octanol–water partition coefficient (Wildman–Crippen LogP) is -1.74. The van der Waals surface area contributed by atoms with Gasteiger partial charge in [0.05, 0.1) is 0 Å². The Morgan fingerprint density at radius 3 is 1.69 bits per heavy atom. The van der Waals surface area contributed by atoms with E-state index in [4.69, 9.17) is 20.1 Å². The molecule has 0 atom stereocenters. The first-order chi connectivity index (χ1) is 5.54. The van der Waals surface area contributed by atoms with Crippen molar-refractivity contribution in [2.24, 2.45) is 5.73 Å². The van der Waals surface area contributed by atoms with Gasteiger partial charge in [0.1, 0.15) is 0 Å². The number of rotatable bonds is 4. The van der Waals surface area contributed by atoms with Crippen LogP contribution in [0.2, 0.25) is 0 Å². The van der Waals surface area contributed by atoms with Gasteiger partial charge in [-0.05, 0) is 0 Å². The molecule has 0 spiro atoms. The summed E-state index contributed by atoms with van der Waals surface area (Å²) in [7, 11) is -2.87. The van der Waals surface area contributed by atoms with Crippen LogP contribution < -0.4 is 57.1 Å². The molecular formula is C7H14KNO3P+. The van der Waals surface area contributed by atoms with Gasteiger partial charge in [-0.3, -0.25) is 0 Å². The van der Waals surface area contributed by atoms with Crippen molar-refractivity contribution in [3.8, 4) is 0 Å². The normalized spacial score (nSPS) is 7.69. The first-order valence-electron chi connectivity index (χ1n) is 3.21. The third kappa shape index (κ3) is 32.0. The van der Waals surface area contributed by atoms with Gasteiger partial charge in [0.25, 0.3) is 0 Å². The molecule has 70 valence electrons. The summed E-state index contributed by atoms with van der Waals surface area (Å²) < 4.78 is 8.70. The maximum Gasteiger partial charge on any atom is 1.00 e. The van der Waals surface area contributed by atoms with Crippen LogP contribution in [0.3, 0.4) is 0 Å². The fourth-order valence-corrected chi connectivity index (χ4v) is 0.454. The number of nitrogens with two attached hydrogens (primary N) is 1. The molecule has 13 heavy (non-hydrogen) atoms. The van der Waals surface area contributed by atoms with E-state index in [1.807, 2.05) is 0 Å². The van der Waals surface area contributed by atoms with Crippen molar-refractivity contribution in [2.45, 2.75) is 12.8 Å².